The van der Waals surface area contributed by atoms with Gasteiger partial charge in [0, 0.05) is 28.2 Å². The molecule has 0 aliphatic carbocycles. The van der Waals surface area contributed by atoms with E-state index in [1.54, 1.807) is 40.3 Å². The van der Waals surface area contributed by atoms with E-state index in [-0.39, 0.29) is 28.5 Å². The van der Waals surface area contributed by atoms with Crippen LogP contribution in [0.3, 0.4) is 0 Å². The summed E-state index contributed by atoms with van der Waals surface area (Å²) < 4.78 is 5.34. The van der Waals surface area contributed by atoms with Gasteiger partial charge in [-0.05, 0) is 37.3 Å². The van der Waals surface area contributed by atoms with E-state index in [9.17, 15) is 14.4 Å². The highest BCUT2D eigenvalue weighted by Gasteiger charge is 2.22. The van der Waals surface area contributed by atoms with Gasteiger partial charge >= 0.3 is 5.97 Å². The lowest BCUT2D eigenvalue weighted by molar-refractivity contribution is 0.0732. The highest BCUT2D eigenvalue weighted by molar-refractivity contribution is 6.08. The number of hydrogen-bond donors (Lipinski definition) is 0. The maximum Gasteiger partial charge on any atom is 0.343 e. The number of nitrogens with zero attached hydrogens (tertiary/aromatic N) is 2. The number of carbonyl (C=O) groups excluding carboxylic acids is 3. The SMILES string of the molecule is Cc1ccc(OC(=O)c2ccc(C(=O)N(C)C)c(C(=O)N(C)C)c2)cc1. The average Bonchev–Trinajstić information content (AvgIpc) is 2.61. The number of amides is 2. The molecule has 2 amide bonds. The minimum atomic E-state index is -0.592. The zero-order valence-corrected chi connectivity index (χ0v) is 15.6. The van der Waals surface area contributed by atoms with Crippen LogP contribution in [0.25, 0.3) is 0 Å². The Balaban J connectivity index is 2.39. The zero-order chi connectivity index (χ0) is 19.4. The van der Waals surface area contributed by atoms with E-state index in [1.165, 1.54) is 28.0 Å². The van der Waals surface area contributed by atoms with Crippen molar-refractivity contribution in [3.05, 3.63) is 64.7 Å². The number of carbonyl (C=O) groups is 3. The molecule has 0 unspecified atom stereocenters. The first-order chi connectivity index (χ1) is 12.2. The minimum Gasteiger partial charge on any atom is -0.423 e. The molecule has 136 valence electrons. The summed E-state index contributed by atoms with van der Waals surface area (Å²) in [6.07, 6.45) is 0. The van der Waals surface area contributed by atoms with Crippen LogP contribution in [0.15, 0.2) is 42.5 Å². The van der Waals surface area contributed by atoms with E-state index in [2.05, 4.69) is 0 Å². The van der Waals surface area contributed by atoms with Crippen molar-refractivity contribution in [1.82, 2.24) is 9.80 Å². The lowest BCUT2D eigenvalue weighted by Crippen LogP contribution is -2.28. The fourth-order valence-electron chi connectivity index (χ4n) is 2.29. The summed E-state index contributed by atoms with van der Waals surface area (Å²) >= 11 is 0. The molecule has 2 aromatic rings. The fraction of sp³-hybridized carbons (Fsp3) is 0.250. The van der Waals surface area contributed by atoms with Crippen LogP contribution < -0.4 is 4.74 Å². The molecule has 0 bridgehead atoms. The van der Waals surface area contributed by atoms with E-state index in [0.717, 1.165) is 5.56 Å². The smallest absolute Gasteiger partial charge is 0.343 e. The van der Waals surface area contributed by atoms with Crippen molar-refractivity contribution in [2.45, 2.75) is 6.92 Å². The number of aryl methyl sites for hydroxylation is 1. The lowest BCUT2D eigenvalue weighted by atomic mass is 10.0. The molecule has 0 saturated heterocycles. The van der Waals surface area contributed by atoms with Crippen molar-refractivity contribution >= 4 is 17.8 Å². The van der Waals surface area contributed by atoms with E-state index in [4.69, 9.17) is 4.74 Å². The van der Waals surface area contributed by atoms with Gasteiger partial charge < -0.3 is 14.5 Å². The zero-order valence-electron chi connectivity index (χ0n) is 15.6. The second-order valence-corrected chi connectivity index (χ2v) is 6.36. The van der Waals surface area contributed by atoms with Gasteiger partial charge in [-0.15, -0.1) is 0 Å². The van der Waals surface area contributed by atoms with Gasteiger partial charge in [-0.2, -0.15) is 0 Å². The number of rotatable bonds is 4. The third-order valence-corrected chi connectivity index (χ3v) is 3.76. The topological polar surface area (TPSA) is 66.9 Å². The van der Waals surface area contributed by atoms with Crippen LogP contribution in [-0.4, -0.2) is 55.8 Å². The van der Waals surface area contributed by atoms with Gasteiger partial charge in [-0.25, -0.2) is 4.79 Å². The molecule has 0 aliphatic heterocycles. The number of benzene rings is 2. The molecule has 26 heavy (non-hydrogen) atoms. The summed E-state index contributed by atoms with van der Waals surface area (Å²) in [5.74, 6) is -0.853. The Morgan fingerprint density at radius 3 is 1.85 bits per heavy atom. The van der Waals surface area contributed by atoms with Crippen molar-refractivity contribution in [3.8, 4) is 5.75 Å². The van der Waals surface area contributed by atoms with Crippen LogP contribution in [0.1, 0.15) is 36.6 Å². The Morgan fingerprint density at radius 2 is 1.31 bits per heavy atom. The van der Waals surface area contributed by atoms with Crippen LogP contribution >= 0.6 is 0 Å². The average molecular weight is 354 g/mol. The largest absolute Gasteiger partial charge is 0.423 e. The van der Waals surface area contributed by atoms with Crippen molar-refractivity contribution in [2.75, 3.05) is 28.2 Å². The molecule has 0 atom stereocenters. The molecule has 6 heteroatoms. The summed E-state index contributed by atoms with van der Waals surface area (Å²) in [7, 11) is 6.38. The number of ether oxygens (including phenoxy) is 1. The maximum atomic E-state index is 12.5. The molecule has 2 aromatic carbocycles. The van der Waals surface area contributed by atoms with Crippen molar-refractivity contribution in [1.29, 1.82) is 0 Å². The molecular formula is C20H22N2O4. The maximum absolute atomic E-state index is 12.5. The standard InChI is InChI=1S/C20H22N2O4/c1-13-6-9-15(10-7-13)26-20(25)14-8-11-16(18(23)21(2)3)17(12-14)19(24)22(4)5/h6-12H,1-5H3. The molecule has 0 fully saturated rings. The molecule has 0 saturated carbocycles. The first kappa shape index (κ1) is 19.2. The van der Waals surface area contributed by atoms with Crippen LogP contribution in [0.2, 0.25) is 0 Å². The van der Waals surface area contributed by atoms with Crippen molar-refractivity contribution < 1.29 is 19.1 Å². The normalized spacial score (nSPS) is 10.2. The Kier molecular flexibility index (Phi) is 5.77. The van der Waals surface area contributed by atoms with E-state index in [0.29, 0.717) is 5.75 Å². The van der Waals surface area contributed by atoms with Gasteiger partial charge in [0.15, 0.2) is 0 Å². The molecule has 2 rings (SSSR count). The van der Waals surface area contributed by atoms with Crippen LogP contribution in [-0.2, 0) is 0 Å². The van der Waals surface area contributed by atoms with Crippen LogP contribution in [0, 0.1) is 6.92 Å². The minimum absolute atomic E-state index is 0.159. The quantitative estimate of drug-likeness (QED) is 0.625. The monoisotopic (exact) mass is 354 g/mol. The Bertz CT molecular complexity index is 839. The second kappa shape index (κ2) is 7.82. The third kappa shape index (κ3) is 4.27. The summed E-state index contributed by atoms with van der Waals surface area (Å²) in [5.41, 5.74) is 1.65. The molecule has 0 spiro atoms. The predicted molar refractivity (Wildman–Crippen MR) is 98.6 cm³/mol. The summed E-state index contributed by atoms with van der Waals surface area (Å²) in [4.78, 5) is 40.0. The molecule has 0 aliphatic rings. The Hall–Kier alpha value is -3.15. The van der Waals surface area contributed by atoms with Gasteiger partial charge in [0.25, 0.3) is 11.8 Å². The lowest BCUT2D eigenvalue weighted by Gasteiger charge is -2.17. The molecule has 6 nitrogen and oxygen atoms in total. The summed E-state index contributed by atoms with van der Waals surface area (Å²) in [6.45, 7) is 1.94. The van der Waals surface area contributed by atoms with Crippen LogP contribution in [0.4, 0.5) is 0 Å². The summed E-state index contributed by atoms with van der Waals surface area (Å²) in [6, 6.07) is 11.4. The molecular weight excluding hydrogens is 332 g/mol. The van der Waals surface area contributed by atoms with Crippen molar-refractivity contribution in [3.63, 3.8) is 0 Å². The van der Waals surface area contributed by atoms with Gasteiger partial charge in [0.1, 0.15) is 5.75 Å². The molecule has 0 radical (unpaired) electrons. The highest BCUT2D eigenvalue weighted by atomic mass is 16.5. The van der Waals surface area contributed by atoms with E-state index < -0.39 is 5.97 Å². The third-order valence-electron chi connectivity index (χ3n) is 3.76. The van der Waals surface area contributed by atoms with Gasteiger partial charge in [-0.3, -0.25) is 9.59 Å². The van der Waals surface area contributed by atoms with E-state index in [1.807, 2.05) is 19.1 Å². The molecule has 0 aromatic heterocycles. The Labute approximate surface area is 153 Å². The fourth-order valence-corrected chi connectivity index (χ4v) is 2.29. The van der Waals surface area contributed by atoms with Gasteiger partial charge in [-0.1, -0.05) is 17.7 Å². The number of hydrogen-bond acceptors (Lipinski definition) is 4. The first-order valence-corrected chi connectivity index (χ1v) is 8.07. The van der Waals surface area contributed by atoms with Gasteiger partial charge in [0.2, 0.25) is 0 Å². The van der Waals surface area contributed by atoms with Crippen molar-refractivity contribution in [2.24, 2.45) is 0 Å². The molecule has 0 N–H and O–H groups in total. The van der Waals surface area contributed by atoms with Gasteiger partial charge in [0.05, 0.1) is 16.7 Å². The first-order valence-electron chi connectivity index (χ1n) is 8.07. The second-order valence-electron chi connectivity index (χ2n) is 6.36. The van der Waals surface area contributed by atoms with E-state index >= 15 is 0 Å². The highest BCUT2D eigenvalue weighted by Crippen LogP contribution is 2.18. The van der Waals surface area contributed by atoms with Crippen LogP contribution in [0.5, 0.6) is 5.75 Å². The Morgan fingerprint density at radius 1 is 0.769 bits per heavy atom. The number of esters is 1. The predicted octanol–water partition coefficient (Wildman–Crippen LogP) is 2.62. The molecule has 0 heterocycles. The summed E-state index contributed by atoms with van der Waals surface area (Å²) in [5, 5.41) is 0.